The molecule has 0 radical (unpaired) electrons. The molecule has 2 aromatic rings. The van der Waals surface area contributed by atoms with Gasteiger partial charge in [-0.2, -0.15) is 15.0 Å². The van der Waals surface area contributed by atoms with Crippen LogP contribution in [-0.4, -0.2) is 49.5 Å². The van der Waals surface area contributed by atoms with Crippen LogP contribution in [0.25, 0.3) is 0 Å². The molecular formula is C17H23N7O2S. The highest BCUT2D eigenvalue weighted by atomic mass is 32.2. The summed E-state index contributed by atoms with van der Waals surface area (Å²) in [5, 5.41) is 0. The first-order valence-corrected chi connectivity index (χ1v) is 10.7. The summed E-state index contributed by atoms with van der Waals surface area (Å²) in [4.78, 5) is 20.2. The molecule has 2 aliphatic rings. The Labute approximate surface area is 158 Å². The van der Waals surface area contributed by atoms with E-state index >= 15 is 0 Å². The summed E-state index contributed by atoms with van der Waals surface area (Å²) < 4.78 is 24.8. The van der Waals surface area contributed by atoms with Gasteiger partial charge < -0.3 is 9.80 Å². The summed E-state index contributed by atoms with van der Waals surface area (Å²) in [6.45, 7) is 3.61. The highest BCUT2D eigenvalue weighted by Crippen LogP contribution is 2.22. The van der Waals surface area contributed by atoms with E-state index in [9.17, 15) is 8.42 Å². The number of hydrogen-bond donors (Lipinski definition) is 2. The SMILES string of the molecule is O=S(=O)(NNc1nc(N2CCCC2)nc(N2CCCC2)n1)c1ccccc1. The van der Waals surface area contributed by atoms with Crippen molar-refractivity contribution in [2.24, 2.45) is 0 Å². The molecule has 4 rings (SSSR count). The predicted molar refractivity (Wildman–Crippen MR) is 103 cm³/mol. The summed E-state index contributed by atoms with van der Waals surface area (Å²) in [7, 11) is -3.71. The highest BCUT2D eigenvalue weighted by Gasteiger charge is 2.22. The molecule has 0 spiro atoms. The van der Waals surface area contributed by atoms with Crippen molar-refractivity contribution >= 4 is 27.9 Å². The molecule has 0 unspecified atom stereocenters. The first-order valence-electron chi connectivity index (χ1n) is 9.21. The summed E-state index contributed by atoms with van der Waals surface area (Å²) in [5.41, 5.74) is 2.66. The van der Waals surface area contributed by atoms with Gasteiger partial charge in [0, 0.05) is 26.2 Å². The zero-order valence-electron chi connectivity index (χ0n) is 15.0. The maximum atomic E-state index is 12.4. The lowest BCUT2D eigenvalue weighted by molar-refractivity contribution is 0.587. The van der Waals surface area contributed by atoms with Crippen LogP contribution in [0.2, 0.25) is 0 Å². The van der Waals surface area contributed by atoms with Gasteiger partial charge in [-0.25, -0.2) is 8.42 Å². The van der Waals surface area contributed by atoms with Crippen LogP contribution in [0.15, 0.2) is 35.2 Å². The molecule has 2 aliphatic heterocycles. The van der Waals surface area contributed by atoms with E-state index in [1.165, 1.54) is 12.1 Å². The Morgan fingerprint density at radius 3 is 1.81 bits per heavy atom. The van der Waals surface area contributed by atoms with Gasteiger partial charge in [0.1, 0.15) is 0 Å². The topological polar surface area (TPSA) is 103 Å². The molecule has 27 heavy (non-hydrogen) atoms. The van der Waals surface area contributed by atoms with Gasteiger partial charge >= 0.3 is 0 Å². The van der Waals surface area contributed by atoms with Gasteiger partial charge in [0.05, 0.1) is 4.90 Å². The van der Waals surface area contributed by atoms with Gasteiger partial charge in [0.2, 0.25) is 17.8 Å². The van der Waals surface area contributed by atoms with Crippen LogP contribution in [0, 0.1) is 0 Å². The Hall–Kier alpha value is -2.46. The van der Waals surface area contributed by atoms with Gasteiger partial charge in [-0.05, 0) is 37.8 Å². The molecule has 1 aromatic heterocycles. The van der Waals surface area contributed by atoms with Gasteiger partial charge in [0.25, 0.3) is 10.0 Å². The van der Waals surface area contributed by atoms with Crippen LogP contribution in [-0.2, 0) is 10.0 Å². The quantitative estimate of drug-likeness (QED) is 0.714. The zero-order chi connectivity index (χ0) is 18.7. The number of hydrogen-bond acceptors (Lipinski definition) is 8. The molecule has 0 bridgehead atoms. The van der Waals surface area contributed by atoms with Crippen molar-refractivity contribution in [1.29, 1.82) is 0 Å². The molecule has 144 valence electrons. The van der Waals surface area contributed by atoms with Crippen LogP contribution in [0.3, 0.4) is 0 Å². The van der Waals surface area contributed by atoms with Crippen molar-refractivity contribution in [3.63, 3.8) is 0 Å². The lowest BCUT2D eigenvalue weighted by atomic mass is 10.4. The highest BCUT2D eigenvalue weighted by molar-refractivity contribution is 7.89. The first kappa shape index (κ1) is 17.9. The van der Waals surface area contributed by atoms with Crippen molar-refractivity contribution in [3.8, 4) is 0 Å². The minimum Gasteiger partial charge on any atom is -0.341 e. The van der Waals surface area contributed by atoms with E-state index in [1.54, 1.807) is 18.2 Å². The van der Waals surface area contributed by atoms with E-state index < -0.39 is 10.0 Å². The van der Waals surface area contributed by atoms with E-state index in [-0.39, 0.29) is 10.8 Å². The smallest absolute Gasteiger partial charge is 0.257 e. The number of anilines is 3. The lowest BCUT2D eigenvalue weighted by Crippen LogP contribution is -2.32. The summed E-state index contributed by atoms with van der Waals surface area (Å²) in [6, 6.07) is 8.18. The van der Waals surface area contributed by atoms with Crippen LogP contribution in [0.4, 0.5) is 17.8 Å². The molecule has 9 nitrogen and oxygen atoms in total. The minimum absolute atomic E-state index is 0.172. The summed E-state index contributed by atoms with van der Waals surface area (Å²) >= 11 is 0. The molecule has 2 fully saturated rings. The number of benzene rings is 1. The fourth-order valence-corrected chi connectivity index (χ4v) is 4.16. The van der Waals surface area contributed by atoms with Gasteiger partial charge in [-0.15, -0.1) is 4.83 Å². The van der Waals surface area contributed by atoms with Crippen molar-refractivity contribution in [1.82, 2.24) is 19.8 Å². The number of aromatic nitrogens is 3. The Balaban J connectivity index is 1.57. The molecule has 3 heterocycles. The number of nitrogens with one attached hydrogen (secondary N) is 2. The monoisotopic (exact) mass is 389 g/mol. The van der Waals surface area contributed by atoms with Crippen molar-refractivity contribution in [2.75, 3.05) is 41.4 Å². The Bertz CT molecular complexity index is 845. The summed E-state index contributed by atoms with van der Waals surface area (Å²) in [6.07, 6.45) is 4.42. The maximum absolute atomic E-state index is 12.4. The third-order valence-corrected chi connectivity index (χ3v) is 6.00. The molecular weight excluding hydrogens is 366 g/mol. The Morgan fingerprint density at radius 2 is 1.30 bits per heavy atom. The van der Waals surface area contributed by atoms with Gasteiger partial charge in [0.15, 0.2) is 0 Å². The Morgan fingerprint density at radius 1 is 0.778 bits per heavy atom. The third kappa shape index (κ3) is 4.11. The van der Waals surface area contributed by atoms with E-state index in [4.69, 9.17) is 0 Å². The minimum atomic E-state index is -3.71. The standard InChI is InChI=1S/C17H23N7O2S/c25-27(26,14-8-2-1-3-9-14)22-21-15-18-16(23-10-4-5-11-23)20-17(19-15)24-12-6-7-13-24/h1-3,8-9,22H,4-7,10-13H2,(H,18,19,20,21). The van der Waals surface area contributed by atoms with Gasteiger partial charge in [-0.3, -0.25) is 5.43 Å². The summed E-state index contributed by atoms with van der Waals surface area (Å²) in [5.74, 6) is 1.38. The average molecular weight is 389 g/mol. The fourth-order valence-electron chi connectivity index (χ4n) is 3.30. The van der Waals surface area contributed by atoms with Crippen LogP contribution in [0.5, 0.6) is 0 Å². The number of nitrogens with zero attached hydrogens (tertiary/aromatic N) is 5. The van der Waals surface area contributed by atoms with E-state index in [0.29, 0.717) is 11.9 Å². The normalized spacial score (nSPS) is 17.5. The van der Waals surface area contributed by atoms with Crippen LogP contribution in [0.1, 0.15) is 25.7 Å². The average Bonchev–Trinajstić information content (AvgIpc) is 3.41. The van der Waals surface area contributed by atoms with Crippen LogP contribution >= 0.6 is 0 Å². The van der Waals surface area contributed by atoms with E-state index in [2.05, 4.69) is 35.0 Å². The number of sulfonamides is 1. The molecule has 0 amide bonds. The lowest BCUT2D eigenvalue weighted by Gasteiger charge is -2.20. The second-order valence-electron chi connectivity index (χ2n) is 6.69. The van der Waals surface area contributed by atoms with Crippen molar-refractivity contribution in [3.05, 3.63) is 30.3 Å². The van der Waals surface area contributed by atoms with Crippen LogP contribution < -0.4 is 20.1 Å². The molecule has 2 saturated heterocycles. The van der Waals surface area contributed by atoms with Crippen molar-refractivity contribution in [2.45, 2.75) is 30.6 Å². The Kier molecular flexibility index (Phi) is 5.08. The molecule has 1 aromatic carbocycles. The molecule has 0 atom stereocenters. The second kappa shape index (κ2) is 7.65. The molecule has 2 N–H and O–H groups in total. The molecule has 0 aliphatic carbocycles. The molecule has 10 heteroatoms. The number of hydrazine groups is 1. The second-order valence-corrected chi connectivity index (χ2v) is 8.37. The fraction of sp³-hybridized carbons (Fsp3) is 0.471. The largest absolute Gasteiger partial charge is 0.341 e. The first-order chi connectivity index (χ1) is 13.1. The third-order valence-electron chi connectivity index (χ3n) is 4.74. The number of rotatable bonds is 6. The van der Waals surface area contributed by atoms with E-state index in [1.807, 2.05) is 0 Å². The van der Waals surface area contributed by atoms with Gasteiger partial charge in [-0.1, -0.05) is 18.2 Å². The van der Waals surface area contributed by atoms with Crippen molar-refractivity contribution < 1.29 is 8.42 Å². The predicted octanol–water partition coefficient (Wildman–Crippen LogP) is 1.38. The van der Waals surface area contributed by atoms with E-state index in [0.717, 1.165) is 51.9 Å². The molecule has 0 saturated carbocycles. The zero-order valence-corrected chi connectivity index (χ0v) is 15.8. The maximum Gasteiger partial charge on any atom is 0.257 e.